The first kappa shape index (κ1) is 18.3. The predicted molar refractivity (Wildman–Crippen MR) is 98.1 cm³/mol. The first-order valence-electron chi connectivity index (χ1n) is 8.62. The third-order valence-corrected chi connectivity index (χ3v) is 4.33. The number of amides is 1. The van der Waals surface area contributed by atoms with Gasteiger partial charge in [-0.2, -0.15) is 0 Å². The molecule has 0 radical (unpaired) electrons. The third kappa shape index (κ3) is 4.00. The topological polar surface area (TPSA) is 76.6 Å². The average Bonchev–Trinajstić information content (AvgIpc) is 2.68. The molecule has 0 aliphatic carbocycles. The maximum Gasteiger partial charge on any atom is 0.254 e. The van der Waals surface area contributed by atoms with Crippen molar-refractivity contribution in [3.63, 3.8) is 0 Å². The van der Waals surface area contributed by atoms with Crippen molar-refractivity contribution in [3.8, 4) is 0 Å². The molecule has 26 heavy (non-hydrogen) atoms. The van der Waals surface area contributed by atoms with Crippen molar-refractivity contribution < 1.29 is 14.3 Å². The number of hydrogen-bond acceptors (Lipinski definition) is 6. The summed E-state index contributed by atoms with van der Waals surface area (Å²) in [5.74, 6) is 1.28. The standard InChI is InChI=1S/C19H24N4O3/c1-13-10-17(20-2)22-18(21-13)16-12-26-9-8-23(16)19(24)15-6-4-14(5-7-15)11-25-3/h4-7,10,16H,8-9,11-12H2,1-3H3,(H,20,21,22). The smallest absolute Gasteiger partial charge is 0.254 e. The minimum absolute atomic E-state index is 0.0432. The van der Waals surface area contributed by atoms with Crippen LogP contribution in [-0.4, -0.2) is 54.7 Å². The molecule has 1 amide bonds. The molecule has 1 atom stereocenters. The van der Waals surface area contributed by atoms with Gasteiger partial charge in [-0.25, -0.2) is 9.97 Å². The number of aryl methyl sites for hydroxylation is 1. The van der Waals surface area contributed by atoms with Crippen molar-refractivity contribution in [1.29, 1.82) is 0 Å². The summed E-state index contributed by atoms with van der Waals surface area (Å²) < 4.78 is 10.7. The first-order chi connectivity index (χ1) is 12.6. The Kier molecular flexibility index (Phi) is 5.80. The van der Waals surface area contributed by atoms with Crippen LogP contribution in [0.25, 0.3) is 0 Å². The molecule has 0 saturated carbocycles. The molecule has 2 heterocycles. The van der Waals surface area contributed by atoms with Gasteiger partial charge >= 0.3 is 0 Å². The fraction of sp³-hybridized carbons (Fsp3) is 0.421. The van der Waals surface area contributed by atoms with E-state index in [1.165, 1.54) is 0 Å². The van der Waals surface area contributed by atoms with Crippen molar-refractivity contribution in [2.75, 3.05) is 39.2 Å². The number of ether oxygens (including phenoxy) is 2. The number of hydrogen-bond donors (Lipinski definition) is 1. The first-order valence-corrected chi connectivity index (χ1v) is 8.62. The summed E-state index contributed by atoms with van der Waals surface area (Å²) in [4.78, 5) is 23.9. The van der Waals surface area contributed by atoms with E-state index in [0.29, 0.717) is 37.8 Å². The van der Waals surface area contributed by atoms with Crippen LogP contribution in [0.15, 0.2) is 30.3 Å². The minimum Gasteiger partial charge on any atom is -0.380 e. The molecule has 1 fully saturated rings. The molecule has 1 unspecified atom stereocenters. The molecule has 1 aromatic carbocycles. The Labute approximate surface area is 153 Å². The Bertz CT molecular complexity index is 764. The van der Waals surface area contributed by atoms with E-state index in [4.69, 9.17) is 9.47 Å². The SMILES string of the molecule is CNc1cc(C)nc(C2COCCN2C(=O)c2ccc(COC)cc2)n1. The van der Waals surface area contributed by atoms with Gasteiger partial charge in [0.1, 0.15) is 11.9 Å². The number of anilines is 1. The highest BCUT2D eigenvalue weighted by atomic mass is 16.5. The number of carbonyl (C=O) groups excluding carboxylic acids is 1. The summed E-state index contributed by atoms with van der Waals surface area (Å²) >= 11 is 0. The largest absolute Gasteiger partial charge is 0.380 e. The molecule has 0 bridgehead atoms. The molecular weight excluding hydrogens is 332 g/mol. The van der Waals surface area contributed by atoms with E-state index in [2.05, 4.69) is 15.3 Å². The van der Waals surface area contributed by atoms with Crippen molar-refractivity contribution in [2.24, 2.45) is 0 Å². The number of aromatic nitrogens is 2. The lowest BCUT2D eigenvalue weighted by Crippen LogP contribution is -2.44. The number of methoxy groups -OCH3 is 1. The van der Waals surface area contributed by atoms with Crippen LogP contribution >= 0.6 is 0 Å². The Hall–Kier alpha value is -2.51. The number of nitrogens with zero attached hydrogens (tertiary/aromatic N) is 3. The minimum atomic E-state index is -0.304. The Morgan fingerprint density at radius 3 is 2.81 bits per heavy atom. The number of rotatable bonds is 5. The van der Waals surface area contributed by atoms with Gasteiger partial charge in [0.25, 0.3) is 5.91 Å². The van der Waals surface area contributed by atoms with E-state index >= 15 is 0 Å². The molecular formula is C19H24N4O3. The summed E-state index contributed by atoms with van der Waals surface area (Å²) in [6.45, 7) is 3.85. The number of morpholine rings is 1. The summed E-state index contributed by atoms with van der Waals surface area (Å²) in [5, 5.41) is 3.03. The highest BCUT2D eigenvalue weighted by Crippen LogP contribution is 2.25. The van der Waals surface area contributed by atoms with E-state index in [1.54, 1.807) is 12.0 Å². The van der Waals surface area contributed by atoms with Crippen molar-refractivity contribution in [3.05, 3.63) is 53.0 Å². The summed E-state index contributed by atoms with van der Waals surface area (Å²) in [6.07, 6.45) is 0. The monoisotopic (exact) mass is 356 g/mol. The van der Waals surface area contributed by atoms with Gasteiger partial charge in [-0.15, -0.1) is 0 Å². The number of benzene rings is 1. The van der Waals surface area contributed by atoms with Crippen LogP contribution in [0.4, 0.5) is 5.82 Å². The zero-order chi connectivity index (χ0) is 18.5. The Morgan fingerprint density at radius 1 is 1.35 bits per heavy atom. The lowest BCUT2D eigenvalue weighted by atomic mass is 10.1. The quantitative estimate of drug-likeness (QED) is 0.885. The molecule has 1 aliphatic heterocycles. The summed E-state index contributed by atoms with van der Waals surface area (Å²) in [5.41, 5.74) is 2.52. The third-order valence-electron chi connectivity index (χ3n) is 4.33. The van der Waals surface area contributed by atoms with Crippen LogP contribution < -0.4 is 5.32 Å². The Balaban J connectivity index is 1.86. The van der Waals surface area contributed by atoms with Gasteiger partial charge < -0.3 is 19.7 Å². The molecule has 1 N–H and O–H groups in total. The van der Waals surface area contributed by atoms with Crippen LogP contribution in [0.5, 0.6) is 0 Å². The van der Waals surface area contributed by atoms with Crippen LogP contribution in [0.3, 0.4) is 0 Å². The fourth-order valence-electron chi connectivity index (χ4n) is 3.01. The van der Waals surface area contributed by atoms with Gasteiger partial charge in [-0.05, 0) is 24.6 Å². The van der Waals surface area contributed by atoms with E-state index in [9.17, 15) is 4.79 Å². The van der Waals surface area contributed by atoms with E-state index < -0.39 is 0 Å². The molecule has 138 valence electrons. The van der Waals surface area contributed by atoms with Crippen molar-refractivity contribution >= 4 is 11.7 Å². The van der Waals surface area contributed by atoms with Gasteiger partial charge in [0.2, 0.25) is 0 Å². The summed E-state index contributed by atoms with van der Waals surface area (Å²) in [6, 6.07) is 9.05. The molecule has 0 spiro atoms. The van der Waals surface area contributed by atoms with Gasteiger partial charge in [0.15, 0.2) is 5.82 Å². The second-order valence-electron chi connectivity index (χ2n) is 6.22. The lowest BCUT2D eigenvalue weighted by Gasteiger charge is -2.35. The van der Waals surface area contributed by atoms with Crippen LogP contribution in [0.2, 0.25) is 0 Å². The van der Waals surface area contributed by atoms with Gasteiger partial charge in [0.05, 0.1) is 19.8 Å². The zero-order valence-corrected chi connectivity index (χ0v) is 15.4. The normalized spacial score (nSPS) is 17.2. The molecule has 3 rings (SSSR count). The fourth-order valence-corrected chi connectivity index (χ4v) is 3.01. The highest BCUT2D eigenvalue weighted by molar-refractivity contribution is 5.94. The zero-order valence-electron chi connectivity index (χ0n) is 15.4. The van der Waals surface area contributed by atoms with Crippen LogP contribution in [0, 0.1) is 6.92 Å². The van der Waals surface area contributed by atoms with E-state index in [0.717, 1.165) is 17.1 Å². The molecule has 7 heteroatoms. The molecule has 1 aromatic heterocycles. The van der Waals surface area contributed by atoms with Gasteiger partial charge in [-0.1, -0.05) is 12.1 Å². The van der Waals surface area contributed by atoms with Gasteiger partial charge in [0, 0.05) is 38.0 Å². The van der Waals surface area contributed by atoms with Crippen LogP contribution in [-0.2, 0) is 16.1 Å². The number of carbonyl (C=O) groups is 1. The molecule has 2 aromatic rings. The maximum absolute atomic E-state index is 13.1. The average molecular weight is 356 g/mol. The second-order valence-corrected chi connectivity index (χ2v) is 6.22. The summed E-state index contributed by atoms with van der Waals surface area (Å²) in [7, 11) is 3.46. The lowest BCUT2D eigenvalue weighted by molar-refractivity contribution is -0.00523. The van der Waals surface area contributed by atoms with Crippen LogP contribution in [0.1, 0.15) is 33.5 Å². The molecule has 1 aliphatic rings. The Morgan fingerprint density at radius 2 is 2.12 bits per heavy atom. The maximum atomic E-state index is 13.1. The van der Waals surface area contributed by atoms with Crippen molar-refractivity contribution in [1.82, 2.24) is 14.9 Å². The van der Waals surface area contributed by atoms with E-state index in [1.807, 2.05) is 44.3 Å². The second kappa shape index (κ2) is 8.25. The molecule has 7 nitrogen and oxygen atoms in total. The predicted octanol–water partition coefficient (Wildman–Crippen LogP) is 2.19. The van der Waals surface area contributed by atoms with E-state index in [-0.39, 0.29) is 11.9 Å². The highest BCUT2D eigenvalue weighted by Gasteiger charge is 2.31. The molecule has 1 saturated heterocycles. The van der Waals surface area contributed by atoms with Gasteiger partial charge in [-0.3, -0.25) is 4.79 Å². The van der Waals surface area contributed by atoms with Crippen molar-refractivity contribution in [2.45, 2.75) is 19.6 Å². The number of nitrogens with one attached hydrogen (secondary N) is 1.